The Bertz CT molecular complexity index is 120. The number of rotatable bonds is 4. The fraction of sp³-hybridized carbons (Fsp3) is 1.00. The van der Waals surface area contributed by atoms with E-state index in [0.29, 0.717) is 0 Å². The first-order valence-electron chi connectivity index (χ1n) is 5.57. The fourth-order valence-electron chi connectivity index (χ4n) is 2.21. The van der Waals surface area contributed by atoms with Crippen LogP contribution in [0.3, 0.4) is 0 Å². The van der Waals surface area contributed by atoms with Gasteiger partial charge in [0.15, 0.2) is 0 Å². The Morgan fingerprint density at radius 3 is 2.23 bits per heavy atom. The molecule has 0 amide bonds. The molecule has 0 unspecified atom stereocenters. The van der Waals surface area contributed by atoms with E-state index in [1.54, 1.807) is 0 Å². The fourth-order valence-corrected chi connectivity index (χ4v) is 4.49. The van der Waals surface area contributed by atoms with E-state index < -0.39 is 6.43 Å². The molecule has 1 aliphatic rings. The van der Waals surface area contributed by atoms with Crippen LogP contribution in [0.5, 0.6) is 0 Å². The summed E-state index contributed by atoms with van der Waals surface area (Å²) in [4.78, 5) is 0. The first-order valence-corrected chi connectivity index (χ1v) is 7.39. The van der Waals surface area contributed by atoms with E-state index in [1.807, 2.05) is 0 Å². The highest BCUT2D eigenvalue weighted by Gasteiger charge is 2.13. The molecule has 0 heterocycles. The molecule has 3 heteroatoms. The molecule has 0 nitrogen and oxygen atoms in total. The van der Waals surface area contributed by atoms with Crippen molar-refractivity contribution in [2.45, 2.75) is 63.0 Å². The average Bonchev–Trinajstić information content (AvgIpc) is 2.32. The third-order valence-corrected chi connectivity index (χ3v) is 5.46. The van der Waals surface area contributed by atoms with E-state index in [1.165, 1.54) is 38.5 Å². The second kappa shape index (κ2) is 6.52. The van der Waals surface area contributed by atoms with E-state index in [0.717, 1.165) is 11.6 Å². The Kier molecular flexibility index (Phi) is 5.59. The average molecular weight is 206 g/mol. The summed E-state index contributed by atoms with van der Waals surface area (Å²) in [6, 6.07) is 0.863. The Morgan fingerprint density at radius 1 is 1.08 bits per heavy atom. The first kappa shape index (κ1) is 11.2. The van der Waals surface area contributed by atoms with Crippen LogP contribution in [-0.2, 0) is 0 Å². The zero-order valence-corrected chi connectivity index (χ0v) is 9.69. The summed E-state index contributed by atoms with van der Waals surface area (Å²) < 4.78 is 23.8. The van der Waals surface area contributed by atoms with Crippen molar-refractivity contribution in [2.24, 2.45) is 0 Å². The maximum Gasteiger partial charge on any atom is 0.238 e. The zero-order valence-electron chi connectivity index (χ0n) is 8.27. The van der Waals surface area contributed by atoms with Gasteiger partial charge in [-0.15, -0.1) is 0 Å². The molecule has 0 atom stereocenters. The Hall–Kier alpha value is 0.0769. The second-order valence-electron chi connectivity index (χ2n) is 4.18. The smallest absolute Gasteiger partial charge is 0.211 e. The monoisotopic (exact) mass is 206 g/mol. The SMILES string of the molecule is FC(F)CC[SiH2]C1CCCCCC1. The third-order valence-electron chi connectivity index (χ3n) is 3.01. The molecule has 0 aliphatic heterocycles. The summed E-state index contributed by atoms with van der Waals surface area (Å²) in [7, 11) is -0.179. The van der Waals surface area contributed by atoms with Crippen LogP contribution in [0.15, 0.2) is 0 Å². The minimum atomic E-state index is -2.06. The third kappa shape index (κ3) is 5.39. The molecule has 1 fully saturated rings. The maximum absolute atomic E-state index is 11.9. The predicted molar refractivity (Wildman–Crippen MR) is 55.4 cm³/mol. The lowest BCUT2D eigenvalue weighted by Crippen LogP contribution is -2.04. The molecule has 0 radical (unpaired) electrons. The molecule has 13 heavy (non-hydrogen) atoms. The highest BCUT2D eigenvalue weighted by Crippen LogP contribution is 2.27. The number of halogens is 2. The minimum Gasteiger partial charge on any atom is -0.211 e. The van der Waals surface area contributed by atoms with Gasteiger partial charge in [-0.25, -0.2) is 8.78 Å². The van der Waals surface area contributed by atoms with Crippen molar-refractivity contribution in [1.82, 2.24) is 0 Å². The summed E-state index contributed by atoms with van der Waals surface area (Å²) >= 11 is 0. The molecular formula is C10H20F2Si. The standard InChI is InChI=1S/C10H20F2Si/c11-10(12)7-8-13-9-5-3-1-2-4-6-9/h9-10H,1-8,13H2. The van der Waals surface area contributed by atoms with Crippen LogP contribution in [0.25, 0.3) is 0 Å². The molecule has 0 bridgehead atoms. The molecule has 78 valence electrons. The lowest BCUT2D eigenvalue weighted by Gasteiger charge is -2.12. The number of hydrogen-bond acceptors (Lipinski definition) is 0. The van der Waals surface area contributed by atoms with Gasteiger partial charge < -0.3 is 0 Å². The number of alkyl halides is 2. The highest BCUT2D eigenvalue weighted by molar-refractivity contribution is 6.37. The Morgan fingerprint density at radius 2 is 1.69 bits per heavy atom. The predicted octanol–water partition coefficient (Wildman–Crippen LogP) is 3.37. The maximum atomic E-state index is 11.9. The van der Waals surface area contributed by atoms with E-state index >= 15 is 0 Å². The van der Waals surface area contributed by atoms with Crippen LogP contribution < -0.4 is 0 Å². The van der Waals surface area contributed by atoms with Gasteiger partial charge in [0.25, 0.3) is 0 Å². The molecule has 1 rings (SSSR count). The summed E-state index contributed by atoms with van der Waals surface area (Å²) in [5, 5.41) is 0. The Labute approximate surface area is 81.9 Å². The van der Waals surface area contributed by atoms with Crippen molar-refractivity contribution in [3.05, 3.63) is 0 Å². The molecule has 0 aromatic carbocycles. The van der Waals surface area contributed by atoms with Crippen molar-refractivity contribution in [3.8, 4) is 0 Å². The lowest BCUT2D eigenvalue weighted by molar-refractivity contribution is 0.144. The van der Waals surface area contributed by atoms with Crippen molar-refractivity contribution < 1.29 is 8.78 Å². The van der Waals surface area contributed by atoms with Gasteiger partial charge in [0.05, 0.1) is 0 Å². The minimum absolute atomic E-state index is 0.169. The first-order chi connectivity index (χ1) is 6.29. The Balaban J connectivity index is 2.05. The van der Waals surface area contributed by atoms with Crippen molar-refractivity contribution in [2.75, 3.05) is 0 Å². The van der Waals surface area contributed by atoms with Gasteiger partial charge >= 0.3 is 0 Å². The van der Waals surface area contributed by atoms with Gasteiger partial charge in [-0.2, -0.15) is 0 Å². The highest BCUT2D eigenvalue weighted by atomic mass is 28.2. The van der Waals surface area contributed by atoms with E-state index in [-0.39, 0.29) is 15.9 Å². The van der Waals surface area contributed by atoms with E-state index in [9.17, 15) is 8.78 Å². The largest absolute Gasteiger partial charge is 0.238 e. The second-order valence-corrected chi connectivity index (χ2v) is 6.62. The summed E-state index contributed by atoms with van der Waals surface area (Å²) in [6.07, 6.45) is 6.25. The molecule has 0 spiro atoms. The van der Waals surface area contributed by atoms with Crippen molar-refractivity contribution in [1.29, 1.82) is 0 Å². The van der Waals surface area contributed by atoms with Crippen LogP contribution in [0.1, 0.15) is 44.9 Å². The summed E-state index contributed by atoms with van der Waals surface area (Å²) in [5.41, 5.74) is 0.890. The number of hydrogen-bond donors (Lipinski definition) is 0. The van der Waals surface area contributed by atoms with Crippen LogP contribution >= 0.6 is 0 Å². The molecule has 0 aromatic heterocycles. The van der Waals surface area contributed by atoms with Crippen LogP contribution in [0, 0.1) is 0 Å². The van der Waals surface area contributed by atoms with Crippen molar-refractivity contribution >= 4 is 9.52 Å². The van der Waals surface area contributed by atoms with Gasteiger partial charge in [0, 0.05) is 15.9 Å². The van der Waals surface area contributed by atoms with Gasteiger partial charge in [0.2, 0.25) is 6.43 Å². The van der Waals surface area contributed by atoms with Gasteiger partial charge in [0.1, 0.15) is 0 Å². The molecular weight excluding hydrogens is 186 g/mol. The van der Waals surface area contributed by atoms with Crippen LogP contribution in [0.4, 0.5) is 8.78 Å². The lowest BCUT2D eigenvalue weighted by atomic mass is 10.2. The van der Waals surface area contributed by atoms with Gasteiger partial charge in [-0.05, 0) is 0 Å². The molecule has 0 N–H and O–H groups in total. The van der Waals surface area contributed by atoms with Gasteiger partial charge in [-0.3, -0.25) is 0 Å². The van der Waals surface area contributed by atoms with E-state index in [2.05, 4.69) is 0 Å². The zero-order chi connectivity index (χ0) is 9.52. The summed E-state index contributed by atoms with van der Waals surface area (Å²) in [6.45, 7) is 0. The molecule has 0 saturated heterocycles. The quantitative estimate of drug-likeness (QED) is 0.489. The molecule has 0 aromatic rings. The topological polar surface area (TPSA) is 0 Å². The van der Waals surface area contributed by atoms with E-state index in [4.69, 9.17) is 0 Å². The normalized spacial score (nSPS) is 21.5. The van der Waals surface area contributed by atoms with Crippen LogP contribution in [0.2, 0.25) is 11.6 Å². The van der Waals surface area contributed by atoms with Gasteiger partial charge in [-0.1, -0.05) is 50.1 Å². The van der Waals surface area contributed by atoms with Crippen molar-refractivity contribution in [3.63, 3.8) is 0 Å². The van der Waals surface area contributed by atoms with Crippen LogP contribution in [-0.4, -0.2) is 15.9 Å². The summed E-state index contributed by atoms with van der Waals surface area (Å²) in [5.74, 6) is 0. The molecule has 1 saturated carbocycles. The molecule has 1 aliphatic carbocycles.